The number of hydrogen-bond donors (Lipinski definition) is 0. The molecular weight excluding hydrogens is 414 g/mol. The van der Waals surface area contributed by atoms with Gasteiger partial charge >= 0.3 is 0 Å². The molecule has 1 aromatic heterocycles. The Balaban J connectivity index is 1.61. The van der Waals surface area contributed by atoms with E-state index >= 15 is 0 Å². The van der Waals surface area contributed by atoms with Crippen molar-refractivity contribution >= 4 is 0 Å². The fourth-order valence-electron chi connectivity index (χ4n) is 4.40. The first-order chi connectivity index (χ1) is 16.0. The lowest BCUT2D eigenvalue weighted by molar-refractivity contribution is 0.148. The van der Waals surface area contributed by atoms with E-state index in [0.717, 1.165) is 60.5 Å². The van der Waals surface area contributed by atoms with E-state index in [-0.39, 0.29) is 0 Å². The molecule has 174 valence electrons. The molecule has 6 heteroatoms. The topological polar surface area (TPSA) is 47.1 Å². The molecule has 0 N–H and O–H groups in total. The van der Waals surface area contributed by atoms with Crippen molar-refractivity contribution in [1.82, 2.24) is 14.8 Å². The molecule has 2 aromatic carbocycles. The van der Waals surface area contributed by atoms with E-state index < -0.39 is 0 Å². The third-order valence-electron chi connectivity index (χ3n) is 6.46. The van der Waals surface area contributed by atoms with Crippen molar-refractivity contribution in [2.75, 3.05) is 54.6 Å². The first-order valence-electron chi connectivity index (χ1n) is 11.3. The molecule has 1 saturated heterocycles. The first kappa shape index (κ1) is 23.1. The van der Waals surface area contributed by atoms with Gasteiger partial charge in [0, 0.05) is 56.2 Å². The molecule has 6 nitrogen and oxygen atoms in total. The highest BCUT2D eigenvalue weighted by Gasteiger charge is 2.17. The molecule has 4 rings (SSSR count). The molecular formula is C27H33N3O3. The minimum absolute atomic E-state index is 0.585. The highest BCUT2D eigenvalue weighted by atomic mass is 16.5. The predicted octanol–water partition coefficient (Wildman–Crippen LogP) is 4.50. The Kier molecular flexibility index (Phi) is 7.16. The van der Waals surface area contributed by atoms with Crippen LogP contribution in [0.4, 0.5) is 0 Å². The molecule has 1 aliphatic heterocycles. The smallest absolute Gasteiger partial charge is 0.203 e. The summed E-state index contributed by atoms with van der Waals surface area (Å²) >= 11 is 0. The number of rotatable bonds is 7. The fraction of sp³-hybridized carbons (Fsp3) is 0.370. The first-order valence-corrected chi connectivity index (χ1v) is 11.3. The fourth-order valence-corrected chi connectivity index (χ4v) is 4.40. The normalized spacial score (nSPS) is 14.8. The lowest BCUT2D eigenvalue weighted by atomic mass is 9.94. The van der Waals surface area contributed by atoms with Gasteiger partial charge in [-0.3, -0.25) is 9.88 Å². The highest BCUT2D eigenvalue weighted by Crippen LogP contribution is 2.42. The Morgan fingerprint density at radius 3 is 1.91 bits per heavy atom. The SMILES string of the molecule is COc1cc(-c2cncc(-c3ccc(CN4CCN(C)CC4)cc3)c2C)cc(OC)c1OC. The van der Waals surface area contributed by atoms with E-state index in [4.69, 9.17) is 14.2 Å². The van der Waals surface area contributed by atoms with Crippen molar-refractivity contribution in [3.05, 3.63) is 59.9 Å². The summed E-state index contributed by atoms with van der Waals surface area (Å²) in [6, 6.07) is 12.8. The zero-order valence-electron chi connectivity index (χ0n) is 20.2. The molecule has 3 aromatic rings. The largest absolute Gasteiger partial charge is 0.493 e. The van der Waals surface area contributed by atoms with Gasteiger partial charge in [-0.15, -0.1) is 0 Å². The van der Waals surface area contributed by atoms with Crippen LogP contribution in [0.25, 0.3) is 22.3 Å². The van der Waals surface area contributed by atoms with Gasteiger partial charge in [0.05, 0.1) is 21.3 Å². The number of piperazine rings is 1. The van der Waals surface area contributed by atoms with E-state index in [9.17, 15) is 0 Å². The van der Waals surface area contributed by atoms with Crippen molar-refractivity contribution in [2.45, 2.75) is 13.5 Å². The third-order valence-corrected chi connectivity index (χ3v) is 6.46. The molecule has 0 radical (unpaired) electrons. The zero-order valence-corrected chi connectivity index (χ0v) is 20.2. The van der Waals surface area contributed by atoms with Crippen molar-refractivity contribution in [2.24, 2.45) is 0 Å². The molecule has 2 heterocycles. The average Bonchev–Trinajstić information content (AvgIpc) is 2.85. The van der Waals surface area contributed by atoms with Gasteiger partial charge in [-0.25, -0.2) is 0 Å². The Labute approximate surface area is 196 Å². The number of pyridine rings is 1. The van der Waals surface area contributed by atoms with Crippen LogP contribution in [0.15, 0.2) is 48.8 Å². The number of methoxy groups -OCH3 is 3. The second-order valence-corrected chi connectivity index (χ2v) is 8.55. The van der Waals surface area contributed by atoms with E-state index in [1.54, 1.807) is 21.3 Å². The zero-order chi connectivity index (χ0) is 23.4. The summed E-state index contributed by atoms with van der Waals surface area (Å²) in [6.45, 7) is 7.65. The van der Waals surface area contributed by atoms with Gasteiger partial charge in [0.15, 0.2) is 11.5 Å². The summed E-state index contributed by atoms with van der Waals surface area (Å²) in [4.78, 5) is 9.46. The van der Waals surface area contributed by atoms with Gasteiger partial charge in [0.2, 0.25) is 5.75 Å². The van der Waals surface area contributed by atoms with Crippen molar-refractivity contribution in [1.29, 1.82) is 0 Å². The predicted molar refractivity (Wildman–Crippen MR) is 132 cm³/mol. The highest BCUT2D eigenvalue weighted by molar-refractivity contribution is 5.79. The lowest BCUT2D eigenvalue weighted by Crippen LogP contribution is -2.43. The monoisotopic (exact) mass is 447 g/mol. The van der Waals surface area contributed by atoms with E-state index in [2.05, 4.69) is 53.0 Å². The lowest BCUT2D eigenvalue weighted by Gasteiger charge is -2.32. The Hall–Kier alpha value is -3.09. The maximum absolute atomic E-state index is 5.54. The van der Waals surface area contributed by atoms with Crippen LogP contribution in [0.2, 0.25) is 0 Å². The average molecular weight is 448 g/mol. The van der Waals surface area contributed by atoms with Crippen LogP contribution < -0.4 is 14.2 Å². The quantitative estimate of drug-likeness (QED) is 0.532. The molecule has 33 heavy (non-hydrogen) atoms. The van der Waals surface area contributed by atoms with Crippen LogP contribution in [0.5, 0.6) is 17.2 Å². The third kappa shape index (κ3) is 4.97. The number of hydrogen-bond acceptors (Lipinski definition) is 6. The number of aromatic nitrogens is 1. The maximum Gasteiger partial charge on any atom is 0.203 e. The molecule has 0 bridgehead atoms. The summed E-state index contributed by atoms with van der Waals surface area (Å²) in [5.41, 5.74) is 6.79. The molecule has 1 fully saturated rings. The van der Waals surface area contributed by atoms with Crippen LogP contribution in [-0.4, -0.2) is 69.3 Å². The van der Waals surface area contributed by atoms with Gasteiger partial charge in [0.1, 0.15) is 0 Å². The summed E-state index contributed by atoms with van der Waals surface area (Å²) < 4.78 is 16.6. The van der Waals surface area contributed by atoms with Crippen LogP contribution in [0, 0.1) is 6.92 Å². The van der Waals surface area contributed by atoms with E-state index in [1.807, 2.05) is 24.5 Å². The van der Waals surface area contributed by atoms with Gasteiger partial charge in [-0.2, -0.15) is 0 Å². The molecule has 0 unspecified atom stereocenters. The van der Waals surface area contributed by atoms with Crippen LogP contribution in [0.3, 0.4) is 0 Å². The molecule has 0 saturated carbocycles. The molecule has 0 aliphatic carbocycles. The van der Waals surface area contributed by atoms with E-state index in [0.29, 0.717) is 17.2 Å². The standard InChI is InChI=1S/C27H33N3O3/c1-19-23(21-8-6-20(7-9-21)18-30-12-10-29(2)11-13-30)16-28-17-24(19)22-14-25(31-3)27(33-5)26(15-22)32-4/h6-9,14-17H,10-13,18H2,1-5H3. The Morgan fingerprint density at radius 1 is 0.788 bits per heavy atom. The van der Waals surface area contributed by atoms with Gasteiger partial charge in [-0.1, -0.05) is 24.3 Å². The molecule has 0 amide bonds. The van der Waals surface area contributed by atoms with Gasteiger partial charge in [-0.05, 0) is 48.4 Å². The Bertz CT molecular complexity index is 1070. The number of benzene rings is 2. The van der Waals surface area contributed by atoms with Crippen LogP contribution >= 0.6 is 0 Å². The second-order valence-electron chi connectivity index (χ2n) is 8.55. The number of likely N-dealkylation sites (N-methyl/N-ethyl adjacent to an activating group) is 1. The minimum atomic E-state index is 0.585. The minimum Gasteiger partial charge on any atom is -0.493 e. The molecule has 0 spiro atoms. The number of ether oxygens (including phenoxy) is 3. The summed E-state index contributed by atoms with van der Waals surface area (Å²) in [5, 5.41) is 0. The van der Waals surface area contributed by atoms with E-state index in [1.165, 1.54) is 5.56 Å². The molecule has 1 aliphatic rings. The summed E-state index contributed by atoms with van der Waals surface area (Å²) in [6.07, 6.45) is 3.83. The van der Waals surface area contributed by atoms with Crippen molar-refractivity contribution < 1.29 is 14.2 Å². The van der Waals surface area contributed by atoms with Crippen molar-refractivity contribution in [3.8, 4) is 39.5 Å². The van der Waals surface area contributed by atoms with Crippen molar-refractivity contribution in [3.63, 3.8) is 0 Å². The second kappa shape index (κ2) is 10.2. The maximum atomic E-state index is 5.54. The van der Waals surface area contributed by atoms with Gasteiger partial charge < -0.3 is 19.1 Å². The molecule has 0 atom stereocenters. The number of nitrogens with zero attached hydrogens (tertiary/aromatic N) is 3. The van der Waals surface area contributed by atoms with Gasteiger partial charge in [0.25, 0.3) is 0 Å². The summed E-state index contributed by atoms with van der Waals surface area (Å²) in [7, 11) is 7.06. The van der Waals surface area contributed by atoms with Crippen LogP contribution in [-0.2, 0) is 6.54 Å². The summed E-state index contributed by atoms with van der Waals surface area (Å²) in [5.74, 6) is 1.84. The van der Waals surface area contributed by atoms with Crippen LogP contribution in [0.1, 0.15) is 11.1 Å². The Morgan fingerprint density at radius 2 is 1.36 bits per heavy atom.